The van der Waals surface area contributed by atoms with Crippen molar-refractivity contribution in [3.05, 3.63) is 77.1 Å². The third-order valence-electron chi connectivity index (χ3n) is 4.51. The summed E-state index contributed by atoms with van der Waals surface area (Å²) < 4.78 is 30.3. The Morgan fingerprint density at radius 3 is 2.28 bits per heavy atom. The number of hydrogen-bond acceptors (Lipinski definition) is 5. The zero-order valence-corrected chi connectivity index (χ0v) is 16.7. The smallest absolute Gasteiger partial charge is 0.238 e. The SMILES string of the molecule is Cc1cc(C(=O)COc2ccc(C#N)cc2)c(C)n1-c1ccc(S(N)(=O)=O)cc1. The number of rotatable bonds is 6. The Morgan fingerprint density at radius 2 is 1.72 bits per heavy atom. The fourth-order valence-electron chi connectivity index (χ4n) is 3.08. The van der Waals surface area contributed by atoms with Gasteiger partial charge in [-0.25, -0.2) is 13.6 Å². The van der Waals surface area contributed by atoms with E-state index in [2.05, 4.69) is 0 Å². The molecule has 0 atom stereocenters. The Balaban J connectivity index is 1.81. The van der Waals surface area contributed by atoms with Gasteiger partial charge in [-0.15, -0.1) is 0 Å². The van der Waals surface area contributed by atoms with E-state index in [1.165, 1.54) is 12.1 Å². The van der Waals surface area contributed by atoms with Gasteiger partial charge < -0.3 is 9.30 Å². The molecule has 0 saturated carbocycles. The number of sulfonamides is 1. The molecule has 0 aliphatic heterocycles. The van der Waals surface area contributed by atoms with Gasteiger partial charge in [0.1, 0.15) is 5.75 Å². The number of aromatic nitrogens is 1. The number of benzene rings is 2. The average Bonchev–Trinajstić information content (AvgIpc) is 3.00. The van der Waals surface area contributed by atoms with E-state index in [0.29, 0.717) is 16.9 Å². The molecule has 1 aromatic heterocycles. The lowest BCUT2D eigenvalue weighted by Gasteiger charge is -2.11. The number of aryl methyl sites for hydroxylation is 1. The van der Waals surface area contributed by atoms with Crippen LogP contribution in [0.25, 0.3) is 5.69 Å². The minimum absolute atomic E-state index is 0.0239. The lowest BCUT2D eigenvalue weighted by molar-refractivity contribution is 0.0921. The van der Waals surface area contributed by atoms with Crippen molar-refractivity contribution in [3.8, 4) is 17.5 Å². The Morgan fingerprint density at radius 1 is 1.10 bits per heavy atom. The van der Waals surface area contributed by atoms with Crippen molar-refractivity contribution >= 4 is 15.8 Å². The van der Waals surface area contributed by atoms with E-state index < -0.39 is 10.0 Å². The van der Waals surface area contributed by atoms with Crippen molar-refractivity contribution in [1.82, 2.24) is 4.57 Å². The summed E-state index contributed by atoms with van der Waals surface area (Å²) in [7, 11) is -3.77. The zero-order valence-electron chi connectivity index (χ0n) is 15.9. The number of carbonyl (C=O) groups excluding carboxylic acids is 1. The molecule has 3 rings (SSSR count). The van der Waals surface area contributed by atoms with Crippen molar-refractivity contribution in [1.29, 1.82) is 5.26 Å². The number of ether oxygens (including phenoxy) is 1. The average molecular weight is 409 g/mol. The first-order chi connectivity index (χ1) is 13.7. The highest BCUT2D eigenvalue weighted by molar-refractivity contribution is 7.89. The minimum atomic E-state index is -3.77. The predicted molar refractivity (Wildman–Crippen MR) is 108 cm³/mol. The van der Waals surface area contributed by atoms with E-state index in [4.69, 9.17) is 15.1 Å². The number of Topliss-reactive ketones (excluding diaryl/α,β-unsaturated/α-hetero) is 1. The van der Waals surface area contributed by atoms with Gasteiger partial charge in [-0.05, 0) is 68.4 Å². The highest BCUT2D eigenvalue weighted by Gasteiger charge is 2.18. The minimum Gasteiger partial charge on any atom is -0.485 e. The standard InChI is InChI=1S/C21H19N3O4S/c1-14-11-20(21(25)13-28-18-7-3-16(12-22)4-8-18)15(2)24(14)17-5-9-19(10-6-17)29(23,26)27/h3-11H,13H2,1-2H3,(H2,23,26,27). The van der Waals surface area contributed by atoms with E-state index in [-0.39, 0.29) is 17.3 Å². The van der Waals surface area contributed by atoms with Gasteiger partial charge in [0.25, 0.3) is 0 Å². The molecular formula is C21H19N3O4S. The summed E-state index contributed by atoms with van der Waals surface area (Å²) in [4.78, 5) is 12.7. The molecule has 8 heteroatoms. The Kier molecular flexibility index (Phi) is 5.55. The third kappa shape index (κ3) is 4.37. The van der Waals surface area contributed by atoms with Crippen LogP contribution in [0.3, 0.4) is 0 Å². The van der Waals surface area contributed by atoms with Gasteiger partial charge in [-0.3, -0.25) is 4.79 Å². The summed E-state index contributed by atoms with van der Waals surface area (Å²) in [5.41, 5.74) is 3.30. The summed E-state index contributed by atoms with van der Waals surface area (Å²) in [6.45, 7) is 3.54. The van der Waals surface area contributed by atoms with Crippen LogP contribution < -0.4 is 9.88 Å². The van der Waals surface area contributed by atoms with Crippen LogP contribution in [0.4, 0.5) is 0 Å². The lowest BCUT2D eigenvalue weighted by Crippen LogP contribution is -2.13. The molecule has 148 valence electrons. The quantitative estimate of drug-likeness (QED) is 0.629. The predicted octanol–water partition coefficient (Wildman–Crippen LogP) is 2.87. The molecule has 0 spiro atoms. The Labute approximate surface area is 169 Å². The molecule has 3 aromatic rings. The summed E-state index contributed by atoms with van der Waals surface area (Å²) in [6, 6.07) is 16.5. The number of nitrogens with zero attached hydrogens (tertiary/aromatic N) is 2. The van der Waals surface area contributed by atoms with Gasteiger partial charge in [-0.1, -0.05) is 0 Å². The normalized spacial score (nSPS) is 11.1. The second kappa shape index (κ2) is 7.91. The van der Waals surface area contributed by atoms with Crippen molar-refractivity contribution in [2.75, 3.05) is 6.61 Å². The number of hydrogen-bond donors (Lipinski definition) is 1. The molecule has 0 radical (unpaired) electrons. The van der Waals surface area contributed by atoms with Gasteiger partial charge in [-0.2, -0.15) is 5.26 Å². The number of nitrogens with two attached hydrogens (primary N) is 1. The van der Waals surface area contributed by atoms with E-state index in [9.17, 15) is 13.2 Å². The van der Waals surface area contributed by atoms with Crippen LogP contribution in [0.5, 0.6) is 5.75 Å². The zero-order chi connectivity index (χ0) is 21.2. The second-order valence-electron chi connectivity index (χ2n) is 6.51. The van der Waals surface area contributed by atoms with Gasteiger partial charge >= 0.3 is 0 Å². The topological polar surface area (TPSA) is 115 Å². The molecule has 0 fully saturated rings. The second-order valence-corrected chi connectivity index (χ2v) is 8.07. The maximum absolute atomic E-state index is 12.7. The Hall–Kier alpha value is -3.41. The monoisotopic (exact) mass is 409 g/mol. The molecule has 7 nitrogen and oxygen atoms in total. The summed E-state index contributed by atoms with van der Waals surface area (Å²) in [6.07, 6.45) is 0. The highest BCUT2D eigenvalue weighted by atomic mass is 32.2. The fraction of sp³-hybridized carbons (Fsp3) is 0.143. The Bertz CT molecular complexity index is 1200. The summed E-state index contributed by atoms with van der Waals surface area (Å²) in [5.74, 6) is 0.319. The molecule has 0 saturated heterocycles. The van der Waals surface area contributed by atoms with Crippen LogP contribution in [-0.4, -0.2) is 25.4 Å². The van der Waals surface area contributed by atoms with E-state index >= 15 is 0 Å². The van der Waals surface area contributed by atoms with Crippen molar-refractivity contribution < 1.29 is 17.9 Å². The highest BCUT2D eigenvalue weighted by Crippen LogP contribution is 2.23. The van der Waals surface area contributed by atoms with Crippen LogP contribution in [0, 0.1) is 25.2 Å². The molecule has 0 unspecified atom stereocenters. The van der Waals surface area contributed by atoms with Crippen LogP contribution in [0.15, 0.2) is 59.5 Å². The molecule has 0 aliphatic rings. The maximum atomic E-state index is 12.7. The van der Waals surface area contributed by atoms with E-state index in [1.807, 2.05) is 24.5 Å². The molecule has 0 bridgehead atoms. The lowest BCUT2D eigenvalue weighted by atomic mass is 10.1. The van der Waals surface area contributed by atoms with Crippen molar-refractivity contribution in [2.24, 2.45) is 5.14 Å². The van der Waals surface area contributed by atoms with Gasteiger partial charge in [0.15, 0.2) is 6.61 Å². The molecule has 0 amide bonds. The van der Waals surface area contributed by atoms with E-state index in [0.717, 1.165) is 17.1 Å². The molecule has 0 aliphatic carbocycles. The van der Waals surface area contributed by atoms with Crippen LogP contribution in [-0.2, 0) is 10.0 Å². The third-order valence-corrected chi connectivity index (χ3v) is 5.44. The largest absolute Gasteiger partial charge is 0.485 e. The number of ketones is 1. The van der Waals surface area contributed by atoms with Crippen LogP contribution in [0.2, 0.25) is 0 Å². The number of primary sulfonamides is 1. The first-order valence-electron chi connectivity index (χ1n) is 8.69. The first kappa shape index (κ1) is 20.3. The molecular weight excluding hydrogens is 390 g/mol. The maximum Gasteiger partial charge on any atom is 0.238 e. The fourth-order valence-corrected chi connectivity index (χ4v) is 3.60. The van der Waals surface area contributed by atoms with Gasteiger partial charge in [0, 0.05) is 22.6 Å². The van der Waals surface area contributed by atoms with Crippen LogP contribution in [0.1, 0.15) is 27.3 Å². The van der Waals surface area contributed by atoms with E-state index in [1.54, 1.807) is 42.5 Å². The molecule has 2 N–H and O–H groups in total. The van der Waals surface area contributed by atoms with Gasteiger partial charge in [0.2, 0.25) is 15.8 Å². The number of nitriles is 1. The molecule has 1 heterocycles. The number of carbonyl (C=O) groups is 1. The molecule has 29 heavy (non-hydrogen) atoms. The van der Waals surface area contributed by atoms with Crippen molar-refractivity contribution in [2.45, 2.75) is 18.7 Å². The summed E-state index contributed by atoms with van der Waals surface area (Å²) >= 11 is 0. The van der Waals surface area contributed by atoms with Crippen molar-refractivity contribution in [3.63, 3.8) is 0 Å². The molecule has 2 aromatic carbocycles. The van der Waals surface area contributed by atoms with Gasteiger partial charge in [0.05, 0.1) is 16.5 Å². The van der Waals surface area contributed by atoms with Crippen LogP contribution >= 0.6 is 0 Å². The summed E-state index contributed by atoms with van der Waals surface area (Å²) in [5, 5.41) is 14.0. The first-order valence-corrected chi connectivity index (χ1v) is 10.2.